The van der Waals surface area contributed by atoms with E-state index in [1.54, 1.807) is 6.92 Å². The van der Waals surface area contributed by atoms with Crippen LogP contribution in [0.15, 0.2) is 12.1 Å². The number of aromatic hydroxyl groups is 2. The number of phenolic OH excluding ortho intramolecular Hbond substituents is 2. The SMILES string of the molecule is CCOC(=O)c1cc(O)c(C(C)=O)cc1O. The van der Waals surface area contributed by atoms with Gasteiger partial charge in [0, 0.05) is 0 Å². The maximum atomic E-state index is 11.3. The number of ketones is 1. The molecule has 0 aliphatic rings. The van der Waals surface area contributed by atoms with E-state index in [4.69, 9.17) is 0 Å². The van der Waals surface area contributed by atoms with Crippen molar-refractivity contribution >= 4 is 11.8 Å². The number of carbonyl (C=O) groups is 2. The van der Waals surface area contributed by atoms with E-state index in [2.05, 4.69) is 4.74 Å². The van der Waals surface area contributed by atoms with Crippen LogP contribution in [0.5, 0.6) is 11.5 Å². The first-order chi connectivity index (χ1) is 7.47. The second-order valence-corrected chi connectivity index (χ2v) is 3.16. The average Bonchev–Trinajstić information content (AvgIpc) is 2.20. The summed E-state index contributed by atoms with van der Waals surface area (Å²) in [6, 6.07) is 2.06. The van der Waals surface area contributed by atoms with Crippen molar-refractivity contribution in [1.82, 2.24) is 0 Å². The maximum absolute atomic E-state index is 11.3. The van der Waals surface area contributed by atoms with Gasteiger partial charge in [-0.05, 0) is 26.0 Å². The molecule has 1 aromatic carbocycles. The highest BCUT2D eigenvalue weighted by molar-refractivity contribution is 6.00. The summed E-state index contributed by atoms with van der Waals surface area (Å²) in [5.74, 6) is -1.89. The van der Waals surface area contributed by atoms with Crippen molar-refractivity contribution in [1.29, 1.82) is 0 Å². The van der Waals surface area contributed by atoms with E-state index in [9.17, 15) is 19.8 Å². The number of rotatable bonds is 3. The molecule has 0 bridgehead atoms. The molecule has 2 N–H and O–H groups in total. The zero-order valence-corrected chi connectivity index (χ0v) is 8.98. The van der Waals surface area contributed by atoms with Gasteiger partial charge in [0.1, 0.15) is 17.1 Å². The molecule has 0 spiro atoms. The van der Waals surface area contributed by atoms with Crippen LogP contribution in [0.4, 0.5) is 0 Å². The van der Waals surface area contributed by atoms with Gasteiger partial charge in [0.05, 0.1) is 12.2 Å². The lowest BCUT2D eigenvalue weighted by Gasteiger charge is -2.07. The summed E-state index contributed by atoms with van der Waals surface area (Å²) >= 11 is 0. The van der Waals surface area contributed by atoms with Gasteiger partial charge in [-0.2, -0.15) is 0 Å². The van der Waals surface area contributed by atoms with Crippen molar-refractivity contribution < 1.29 is 24.5 Å². The molecule has 5 heteroatoms. The molecule has 0 aliphatic heterocycles. The molecular formula is C11H12O5. The van der Waals surface area contributed by atoms with Gasteiger partial charge in [0.25, 0.3) is 0 Å². The van der Waals surface area contributed by atoms with Crippen molar-refractivity contribution in [2.45, 2.75) is 13.8 Å². The summed E-state index contributed by atoms with van der Waals surface area (Å²) in [4.78, 5) is 22.4. The smallest absolute Gasteiger partial charge is 0.342 e. The third kappa shape index (κ3) is 2.31. The Kier molecular flexibility index (Phi) is 3.50. The van der Waals surface area contributed by atoms with Crippen molar-refractivity contribution in [3.8, 4) is 11.5 Å². The number of esters is 1. The van der Waals surface area contributed by atoms with Crippen molar-refractivity contribution in [3.05, 3.63) is 23.3 Å². The molecule has 0 amide bonds. The molecule has 16 heavy (non-hydrogen) atoms. The standard InChI is InChI=1S/C11H12O5/c1-3-16-11(15)8-5-9(13)7(6(2)12)4-10(8)14/h4-5,13-14H,3H2,1-2H3. The number of Topliss-reactive ketones (excluding diaryl/α,β-unsaturated/α-hetero) is 1. The van der Waals surface area contributed by atoms with Gasteiger partial charge in [0.15, 0.2) is 5.78 Å². The fourth-order valence-corrected chi connectivity index (χ4v) is 1.23. The van der Waals surface area contributed by atoms with Crippen molar-refractivity contribution in [2.24, 2.45) is 0 Å². The summed E-state index contributed by atoms with van der Waals surface area (Å²) in [6.45, 7) is 3.03. The average molecular weight is 224 g/mol. The van der Waals surface area contributed by atoms with Crippen LogP contribution in [0.1, 0.15) is 34.6 Å². The summed E-state index contributed by atoms with van der Waals surface area (Å²) in [5, 5.41) is 19.0. The summed E-state index contributed by atoms with van der Waals surface area (Å²) in [7, 11) is 0. The Hall–Kier alpha value is -2.04. The zero-order valence-electron chi connectivity index (χ0n) is 8.98. The van der Waals surface area contributed by atoms with E-state index < -0.39 is 11.8 Å². The van der Waals surface area contributed by atoms with E-state index in [-0.39, 0.29) is 29.2 Å². The molecule has 0 radical (unpaired) electrons. The quantitative estimate of drug-likeness (QED) is 0.461. The largest absolute Gasteiger partial charge is 0.507 e. The summed E-state index contributed by atoms with van der Waals surface area (Å²) in [6.07, 6.45) is 0. The number of ether oxygens (including phenoxy) is 1. The molecule has 0 fully saturated rings. The van der Waals surface area contributed by atoms with Crippen LogP contribution >= 0.6 is 0 Å². The molecule has 0 aliphatic carbocycles. The van der Waals surface area contributed by atoms with Crippen molar-refractivity contribution in [3.63, 3.8) is 0 Å². The van der Waals surface area contributed by atoms with Crippen LogP contribution in [0, 0.1) is 0 Å². The topological polar surface area (TPSA) is 83.8 Å². The van der Waals surface area contributed by atoms with Gasteiger partial charge in [-0.15, -0.1) is 0 Å². The van der Waals surface area contributed by atoms with Crippen LogP contribution in [0.2, 0.25) is 0 Å². The first-order valence-corrected chi connectivity index (χ1v) is 4.71. The minimum atomic E-state index is -0.745. The Labute approximate surface area is 92.3 Å². The van der Waals surface area contributed by atoms with Gasteiger partial charge < -0.3 is 14.9 Å². The van der Waals surface area contributed by atoms with Gasteiger partial charge >= 0.3 is 5.97 Å². The molecule has 0 unspecified atom stereocenters. The molecule has 0 aromatic heterocycles. The molecular weight excluding hydrogens is 212 g/mol. The molecule has 0 heterocycles. The number of hydrogen-bond donors (Lipinski definition) is 2. The highest BCUT2D eigenvalue weighted by Crippen LogP contribution is 2.28. The molecule has 0 saturated carbocycles. The highest BCUT2D eigenvalue weighted by atomic mass is 16.5. The molecule has 0 saturated heterocycles. The number of hydrogen-bond acceptors (Lipinski definition) is 5. The van der Waals surface area contributed by atoms with Crippen LogP contribution in [-0.2, 0) is 4.74 Å². The van der Waals surface area contributed by atoms with Crippen LogP contribution in [-0.4, -0.2) is 28.6 Å². The Morgan fingerprint density at radius 1 is 1.19 bits per heavy atom. The number of carbonyl (C=O) groups excluding carboxylic acids is 2. The fourth-order valence-electron chi connectivity index (χ4n) is 1.23. The Balaban J connectivity index is 3.20. The first-order valence-electron chi connectivity index (χ1n) is 4.71. The summed E-state index contributed by atoms with van der Waals surface area (Å²) in [5.41, 5.74) is -0.199. The minimum Gasteiger partial charge on any atom is -0.507 e. The Morgan fingerprint density at radius 3 is 2.19 bits per heavy atom. The normalized spacial score (nSPS) is 9.88. The van der Waals surface area contributed by atoms with E-state index in [1.165, 1.54) is 6.92 Å². The fraction of sp³-hybridized carbons (Fsp3) is 0.273. The second kappa shape index (κ2) is 4.65. The van der Waals surface area contributed by atoms with Gasteiger partial charge in [0.2, 0.25) is 0 Å². The third-order valence-electron chi connectivity index (χ3n) is 1.99. The minimum absolute atomic E-state index is 0.0365. The monoisotopic (exact) mass is 224 g/mol. The molecule has 1 aromatic rings. The molecule has 0 atom stereocenters. The van der Waals surface area contributed by atoms with E-state index in [0.717, 1.165) is 12.1 Å². The lowest BCUT2D eigenvalue weighted by atomic mass is 10.1. The highest BCUT2D eigenvalue weighted by Gasteiger charge is 2.17. The zero-order chi connectivity index (χ0) is 12.3. The van der Waals surface area contributed by atoms with Crippen LogP contribution in [0.3, 0.4) is 0 Å². The number of benzene rings is 1. The van der Waals surface area contributed by atoms with Gasteiger partial charge in [-0.3, -0.25) is 4.79 Å². The first kappa shape index (κ1) is 12.0. The van der Waals surface area contributed by atoms with Crippen LogP contribution in [0.25, 0.3) is 0 Å². The Bertz CT molecular complexity index is 436. The predicted molar refractivity (Wildman–Crippen MR) is 55.7 cm³/mol. The van der Waals surface area contributed by atoms with E-state index >= 15 is 0 Å². The molecule has 5 nitrogen and oxygen atoms in total. The van der Waals surface area contributed by atoms with E-state index in [1.807, 2.05) is 0 Å². The van der Waals surface area contributed by atoms with Crippen molar-refractivity contribution in [2.75, 3.05) is 6.61 Å². The number of phenols is 2. The molecule has 1 rings (SSSR count). The molecule has 86 valence electrons. The third-order valence-corrected chi connectivity index (χ3v) is 1.99. The second-order valence-electron chi connectivity index (χ2n) is 3.16. The van der Waals surface area contributed by atoms with E-state index in [0.29, 0.717) is 0 Å². The van der Waals surface area contributed by atoms with Crippen LogP contribution < -0.4 is 0 Å². The lowest BCUT2D eigenvalue weighted by Crippen LogP contribution is -2.06. The predicted octanol–water partition coefficient (Wildman–Crippen LogP) is 1.48. The Morgan fingerprint density at radius 2 is 1.69 bits per heavy atom. The lowest BCUT2D eigenvalue weighted by molar-refractivity contribution is 0.0522. The summed E-state index contributed by atoms with van der Waals surface area (Å²) < 4.78 is 4.67. The van der Waals surface area contributed by atoms with Gasteiger partial charge in [-0.25, -0.2) is 4.79 Å². The maximum Gasteiger partial charge on any atom is 0.342 e. The van der Waals surface area contributed by atoms with Gasteiger partial charge in [-0.1, -0.05) is 0 Å².